The Labute approximate surface area is 181 Å². The summed E-state index contributed by atoms with van der Waals surface area (Å²) in [6, 6.07) is 14.9. The number of hydrogen-bond acceptors (Lipinski definition) is 7. The highest BCUT2D eigenvalue weighted by Crippen LogP contribution is 2.22. The number of hydrogen-bond donors (Lipinski definition) is 3. The largest absolute Gasteiger partial charge is 0.452 e. The van der Waals surface area contributed by atoms with Crippen molar-refractivity contribution in [3.8, 4) is 0 Å². The van der Waals surface area contributed by atoms with Crippen LogP contribution in [0.3, 0.4) is 0 Å². The van der Waals surface area contributed by atoms with E-state index in [9.17, 15) is 22.8 Å². The van der Waals surface area contributed by atoms with Gasteiger partial charge in [0.1, 0.15) is 5.00 Å². The zero-order valence-electron chi connectivity index (χ0n) is 15.9. The molecule has 3 rings (SSSR count). The van der Waals surface area contributed by atoms with Crippen LogP contribution in [0, 0.1) is 0 Å². The van der Waals surface area contributed by atoms with E-state index in [-0.39, 0.29) is 26.7 Å². The van der Waals surface area contributed by atoms with Gasteiger partial charge in [0.25, 0.3) is 21.8 Å². The lowest BCUT2D eigenvalue weighted by atomic mass is 10.2. The Kier molecular flexibility index (Phi) is 6.68. The second-order valence-corrected chi connectivity index (χ2v) is 8.75. The first-order valence-corrected chi connectivity index (χ1v) is 11.1. The molecule has 0 aliphatic heterocycles. The summed E-state index contributed by atoms with van der Waals surface area (Å²) in [5.74, 6) is -2.17. The van der Waals surface area contributed by atoms with Crippen molar-refractivity contribution in [2.24, 2.45) is 5.73 Å². The number of rotatable bonds is 8. The molecule has 0 radical (unpaired) electrons. The maximum atomic E-state index is 12.4. The molecule has 31 heavy (non-hydrogen) atoms. The van der Waals surface area contributed by atoms with Crippen molar-refractivity contribution in [2.75, 3.05) is 16.6 Å². The Balaban J connectivity index is 1.62. The molecule has 2 aromatic carbocycles. The number of ether oxygens (including phenoxy) is 1. The quantitative estimate of drug-likeness (QED) is 0.441. The molecule has 4 N–H and O–H groups in total. The first-order valence-electron chi connectivity index (χ1n) is 8.78. The van der Waals surface area contributed by atoms with Gasteiger partial charge in [-0.15, -0.1) is 11.3 Å². The number of nitrogens with one attached hydrogen (secondary N) is 2. The summed E-state index contributed by atoms with van der Waals surface area (Å²) in [6.45, 7) is -0.602. The second kappa shape index (κ2) is 9.41. The van der Waals surface area contributed by atoms with E-state index in [1.165, 1.54) is 42.5 Å². The smallest absolute Gasteiger partial charge is 0.338 e. The number of primary amides is 1. The molecule has 0 saturated heterocycles. The number of thiophene rings is 1. The maximum Gasteiger partial charge on any atom is 0.338 e. The lowest BCUT2D eigenvalue weighted by molar-refractivity contribution is -0.119. The Morgan fingerprint density at radius 2 is 1.74 bits per heavy atom. The van der Waals surface area contributed by atoms with Crippen molar-refractivity contribution in [3.63, 3.8) is 0 Å². The first kappa shape index (κ1) is 22.0. The molecule has 0 atom stereocenters. The van der Waals surface area contributed by atoms with Gasteiger partial charge in [0.15, 0.2) is 6.61 Å². The molecule has 0 aliphatic carbocycles. The monoisotopic (exact) mass is 459 g/mol. The molecule has 0 aliphatic rings. The number of amides is 2. The fourth-order valence-electron chi connectivity index (χ4n) is 2.50. The molecular formula is C20H17N3O6S2. The lowest BCUT2D eigenvalue weighted by Gasteiger charge is -2.10. The summed E-state index contributed by atoms with van der Waals surface area (Å²) in [5, 5.41) is 4.29. The van der Waals surface area contributed by atoms with Gasteiger partial charge in [-0.2, -0.15) is 0 Å². The normalized spacial score (nSPS) is 10.8. The van der Waals surface area contributed by atoms with Crippen molar-refractivity contribution in [2.45, 2.75) is 4.90 Å². The number of benzene rings is 2. The van der Waals surface area contributed by atoms with E-state index in [4.69, 9.17) is 10.5 Å². The molecule has 1 aromatic heterocycles. The first-order chi connectivity index (χ1) is 14.8. The summed E-state index contributed by atoms with van der Waals surface area (Å²) in [7, 11) is -3.82. The van der Waals surface area contributed by atoms with E-state index in [2.05, 4.69) is 10.0 Å². The molecule has 0 fully saturated rings. The molecule has 9 nitrogen and oxygen atoms in total. The summed E-state index contributed by atoms with van der Waals surface area (Å²) < 4.78 is 32.2. The van der Waals surface area contributed by atoms with Crippen LogP contribution in [0.5, 0.6) is 0 Å². The predicted molar refractivity (Wildman–Crippen MR) is 115 cm³/mol. The van der Waals surface area contributed by atoms with Crippen LogP contribution in [0.1, 0.15) is 20.7 Å². The summed E-state index contributed by atoms with van der Waals surface area (Å²) >= 11 is 1.10. The summed E-state index contributed by atoms with van der Waals surface area (Å²) in [6.07, 6.45) is 0. The predicted octanol–water partition coefficient (Wildman–Crippen LogP) is 2.44. The third-order valence-corrected chi connectivity index (χ3v) is 6.15. The molecule has 1 heterocycles. The molecular weight excluding hydrogens is 442 g/mol. The van der Waals surface area contributed by atoms with Gasteiger partial charge in [-0.25, -0.2) is 13.2 Å². The van der Waals surface area contributed by atoms with Crippen LogP contribution in [-0.2, 0) is 19.6 Å². The van der Waals surface area contributed by atoms with Crippen molar-refractivity contribution >= 4 is 49.8 Å². The van der Waals surface area contributed by atoms with Crippen LogP contribution < -0.4 is 15.8 Å². The maximum absolute atomic E-state index is 12.4. The van der Waals surface area contributed by atoms with Gasteiger partial charge >= 0.3 is 5.97 Å². The van der Waals surface area contributed by atoms with Crippen LogP contribution in [0.15, 0.2) is 70.9 Å². The van der Waals surface area contributed by atoms with Crippen LogP contribution >= 0.6 is 11.3 Å². The molecule has 11 heteroatoms. The number of anilines is 2. The van der Waals surface area contributed by atoms with Crippen LogP contribution in [-0.4, -0.2) is 32.8 Å². The van der Waals surface area contributed by atoms with Gasteiger partial charge in [-0.05, 0) is 41.8 Å². The average molecular weight is 460 g/mol. The number of sulfonamides is 1. The van der Waals surface area contributed by atoms with Crippen molar-refractivity contribution in [1.82, 2.24) is 0 Å². The highest BCUT2D eigenvalue weighted by Gasteiger charge is 2.17. The fourth-order valence-corrected chi connectivity index (χ4v) is 4.38. The zero-order valence-corrected chi connectivity index (χ0v) is 17.5. The minimum Gasteiger partial charge on any atom is -0.452 e. The average Bonchev–Trinajstić information content (AvgIpc) is 3.21. The van der Waals surface area contributed by atoms with E-state index in [0.29, 0.717) is 0 Å². The van der Waals surface area contributed by atoms with E-state index in [1.54, 1.807) is 23.6 Å². The zero-order chi connectivity index (χ0) is 22.4. The second-order valence-electron chi connectivity index (χ2n) is 6.15. The van der Waals surface area contributed by atoms with Crippen LogP contribution in [0.4, 0.5) is 10.7 Å². The minimum absolute atomic E-state index is 0.0509. The number of esters is 1. The van der Waals surface area contributed by atoms with Crippen LogP contribution in [0.2, 0.25) is 0 Å². The van der Waals surface area contributed by atoms with E-state index < -0.39 is 34.4 Å². The van der Waals surface area contributed by atoms with Gasteiger partial charge in [-0.1, -0.05) is 24.3 Å². The topological polar surface area (TPSA) is 145 Å². The lowest BCUT2D eigenvalue weighted by Crippen LogP contribution is -2.22. The number of carbonyl (C=O) groups excluding carboxylic acids is 3. The SMILES string of the molecule is NC(=O)c1ccsc1NC(=O)COC(=O)c1cccc(NS(=O)(=O)c2ccccc2)c1. The molecule has 0 spiro atoms. The van der Waals surface area contributed by atoms with Gasteiger partial charge in [-0.3, -0.25) is 14.3 Å². The Bertz CT molecular complexity index is 1220. The Morgan fingerprint density at radius 1 is 1.00 bits per heavy atom. The number of nitrogens with two attached hydrogens (primary N) is 1. The standard InChI is InChI=1S/C20H17N3O6S2/c21-18(25)16-9-10-30-19(16)22-17(24)12-29-20(26)13-5-4-6-14(11-13)23-31(27,28)15-7-2-1-3-8-15/h1-11,23H,12H2,(H2,21,25)(H,22,24). The van der Waals surface area contributed by atoms with E-state index in [0.717, 1.165) is 11.3 Å². The van der Waals surface area contributed by atoms with E-state index in [1.807, 2.05) is 0 Å². The van der Waals surface area contributed by atoms with Gasteiger partial charge in [0.05, 0.1) is 16.0 Å². The third kappa shape index (κ3) is 5.68. The molecule has 0 bridgehead atoms. The van der Waals surface area contributed by atoms with Gasteiger partial charge in [0, 0.05) is 5.69 Å². The molecule has 0 unspecified atom stereocenters. The number of carbonyl (C=O) groups is 3. The van der Waals surface area contributed by atoms with Crippen LogP contribution in [0.25, 0.3) is 0 Å². The van der Waals surface area contributed by atoms with Gasteiger partial charge < -0.3 is 15.8 Å². The molecule has 3 aromatic rings. The van der Waals surface area contributed by atoms with Gasteiger partial charge in [0.2, 0.25) is 0 Å². The molecule has 0 saturated carbocycles. The highest BCUT2D eigenvalue weighted by atomic mass is 32.2. The summed E-state index contributed by atoms with van der Waals surface area (Å²) in [4.78, 5) is 35.6. The Hall–Kier alpha value is -3.70. The third-order valence-electron chi connectivity index (χ3n) is 3.92. The summed E-state index contributed by atoms with van der Waals surface area (Å²) in [5.41, 5.74) is 5.58. The minimum atomic E-state index is -3.82. The molecule has 2 amide bonds. The van der Waals surface area contributed by atoms with E-state index >= 15 is 0 Å². The van der Waals surface area contributed by atoms with Crippen molar-refractivity contribution < 1.29 is 27.5 Å². The van der Waals surface area contributed by atoms with Crippen molar-refractivity contribution in [1.29, 1.82) is 0 Å². The fraction of sp³-hybridized carbons (Fsp3) is 0.0500. The molecule has 160 valence electrons. The Morgan fingerprint density at radius 3 is 2.45 bits per heavy atom. The highest BCUT2D eigenvalue weighted by molar-refractivity contribution is 7.92. The van der Waals surface area contributed by atoms with Crippen molar-refractivity contribution in [3.05, 3.63) is 77.2 Å².